The van der Waals surface area contributed by atoms with Gasteiger partial charge in [-0.2, -0.15) is 0 Å². The van der Waals surface area contributed by atoms with Crippen molar-refractivity contribution in [3.63, 3.8) is 0 Å². The maximum Gasteiger partial charge on any atom is 0.127 e. The predicted octanol–water partition coefficient (Wildman–Crippen LogP) is 8.12. The van der Waals surface area contributed by atoms with Crippen LogP contribution in [0.25, 0.3) is 11.1 Å². The van der Waals surface area contributed by atoms with Crippen molar-refractivity contribution in [1.82, 2.24) is 4.98 Å². The minimum Gasteiger partial charge on any atom is -0.488 e. The highest BCUT2D eigenvalue weighted by atomic mass is 16.5. The van der Waals surface area contributed by atoms with Crippen LogP contribution in [0.3, 0.4) is 0 Å². The first kappa shape index (κ1) is 26.3. The number of para-hydroxylation sites is 1. The van der Waals surface area contributed by atoms with Gasteiger partial charge in [0.1, 0.15) is 19.1 Å². The van der Waals surface area contributed by atoms with E-state index < -0.39 is 0 Å². The number of rotatable bonds is 10. The highest BCUT2D eigenvalue weighted by Gasteiger charge is 2.19. The number of benzene rings is 2. The second kappa shape index (κ2) is 13.6. The summed E-state index contributed by atoms with van der Waals surface area (Å²) >= 11 is 0. The van der Waals surface area contributed by atoms with Gasteiger partial charge in [-0.05, 0) is 47.9 Å². The van der Waals surface area contributed by atoms with E-state index in [1.807, 2.05) is 12.9 Å². The van der Waals surface area contributed by atoms with E-state index in [0.717, 1.165) is 17.7 Å². The molecule has 3 aromatic rings. The topological polar surface area (TPSA) is 39.2 Å². The molecule has 3 heteroatoms. The summed E-state index contributed by atoms with van der Waals surface area (Å²) in [4.78, 5) is 13.2. The number of aryl methyl sites for hydroxylation is 1. The third-order valence-corrected chi connectivity index (χ3v) is 5.72. The zero-order valence-corrected chi connectivity index (χ0v) is 20.9. The van der Waals surface area contributed by atoms with Crippen molar-refractivity contribution in [1.29, 1.82) is 0 Å². The van der Waals surface area contributed by atoms with Crippen molar-refractivity contribution in [3.05, 3.63) is 83.2 Å². The number of carbonyl (C=O) groups is 1. The fourth-order valence-corrected chi connectivity index (χ4v) is 4.06. The van der Waals surface area contributed by atoms with Gasteiger partial charge in [-0.25, -0.2) is 0 Å². The Morgan fingerprint density at radius 1 is 0.818 bits per heavy atom. The summed E-state index contributed by atoms with van der Waals surface area (Å²) < 4.78 is 6.30. The molecule has 0 amide bonds. The average Bonchev–Trinajstić information content (AvgIpc) is 2.84. The van der Waals surface area contributed by atoms with Crippen molar-refractivity contribution >= 4 is 6.79 Å². The number of hydrogen-bond donors (Lipinski definition) is 0. The average molecular weight is 446 g/mol. The molecule has 0 aliphatic rings. The SMILES string of the molecule is C=O.CCCCCc1cc(-c2ccccc2OCc2ccccc2)c(C(C)C)nc1C(C)C. The van der Waals surface area contributed by atoms with Crippen LogP contribution in [0.1, 0.15) is 88.2 Å². The van der Waals surface area contributed by atoms with Crippen LogP contribution in [0.5, 0.6) is 5.75 Å². The first-order valence-electron chi connectivity index (χ1n) is 12.1. The number of pyridine rings is 1. The van der Waals surface area contributed by atoms with Gasteiger partial charge in [-0.15, -0.1) is 0 Å². The Morgan fingerprint density at radius 2 is 1.45 bits per heavy atom. The van der Waals surface area contributed by atoms with Crippen molar-refractivity contribution in [2.45, 2.75) is 78.7 Å². The van der Waals surface area contributed by atoms with Gasteiger partial charge >= 0.3 is 0 Å². The molecule has 3 rings (SSSR count). The van der Waals surface area contributed by atoms with Crippen molar-refractivity contribution in [3.8, 4) is 16.9 Å². The zero-order valence-electron chi connectivity index (χ0n) is 20.9. The van der Waals surface area contributed by atoms with Crippen LogP contribution in [0, 0.1) is 0 Å². The molecule has 1 aromatic heterocycles. The van der Waals surface area contributed by atoms with Crippen molar-refractivity contribution in [2.24, 2.45) is 0 Å². The molecule has 176 valence electrons. The molecule has 0 bridgehead atoms. The molecule has 0 aliphatic heterocycles. The third-order valence-electron chi connectivity index (χ3n) is 5.72. The largest absolute Gasteiger partial charge is 0.488 e. The number of aromatic nitrogens is 1. The van der Waals surface area contributed by atoms with E-state index in [0.29, 0.717) is 18.4 Å². The van der Waals surface area contributed by atoms with Gasteiger partial charge in [0, 0.05) is 16.8 Å². The zero-order chi connectivity index (χ0) is 24.2. The van der Waals surface area contributed by atoms with Gasteiger partial charge in [0.2, 0.25) is 0 Å². The molecule has 0 fully saturated rings. The van der Waals surface area contributed by atoms with Gasteiger partial charge in [0.25, 0.3) is 0 Å². The van der Waals surface area contributed by atoms with Crippen LogP contribution >= 0.6 is 0 Å². The molecular weight excluding hydrogens is 406 g/mol. The highest BCUT2D eigenvalue weighted by Crippen LogP contribution is 2.37. The quantitative estimate of drug-likeness (QED) is 0.296. The molecule has 0 saturated carbocycles. The predicted molar refractivity (Wildman–Crippen MR) is 139 cm³/mol. The van der Waals surface area contributed by atoms with Crippen LogP contribution in [-0.2, 0) is 17.8 Å². The molecule has 0 N–H and O–H groups in total. The molecule has 0 radical (unpaired) electrons. The van der Waals surface area contributed by atoms with Crippen LogP contribution in [0.15, 0.2) is 60.7 Å². The third kappa shape index (κ3) is 7.28. The van der Waals surface area contributed by atoms with E-state index in [1.165, 1.54) is 47.3 Å². The van der Waals surface area contributed by atoms with E-state index >= 15 is 0 Å². The van der Waals surface area contributed by atoms with Crippen LogP contribution in [-0.4, -0.2) is 11.8 Å². The number of unbranched alkanes of at least 4 members (excludes halogenated alkanes) is 2. The van der Waals surface area contributed by atoms with Gasteiger partial charge in [-0.3, -0.25) is 4.98 Å². The molecule has 2 aromatic carbocycles. The Labute approximate surface area is 200 Å². The lowest BCUT2D eigenvalue weighted by atomic mass is 9.90. The lowest BCUT2D eigenvalue weighted by Gasteiger charge is -2.21. The fourth-order valence-electron chi connectivity index (χ4n) is 4.06. The number of carbonyl (C=O) groups excluding carboxylic acids is 1. The van der Waals surface area contributed by atoms with Gasteiger partial charge in [0.05, 0.1) is 5.69 Å². The smallest absolute Gasteiger partial charge is 0.127 e. The lowest BCUT2D eigenvalue weighted by Crippen LogP contribution is -2.08. The number of nitrogens with zero attached hydrogens (tertiary/aromatic N) is 1. The van der Waals surface area contributed by atoms with Crippen LogP contribution < -0.4 is 4.74 Å². The van der Waals surface area contributed by atoms with Gasteiger partial charge in [-0.1, -0.05) is 96.0 Å². The summed E-state index contributed by atoms with van der Waals surface area (Å²) in [6.07, 6.45) is 4.80. The van der Waals surface area contributed by atoms with Crippen LogP contribution in [0.2, 0.25) is 0 Å². The molecule has 0 unspecified atom stereocenters. The first-order chi connectivity index (χ1) is 16.0. The Bertz CT molecular complexity index is 980. The minimum absolute atomic E-state index is 0.347. The first-order valence-corrected chi connectivity index (χ1v) is 12.1. The molecule has 0 spiro atoms. The summed E-state index contributed by atoms with van der Waals surface area (Å²) in [5.74, 6) is 1.69. The van der Waals surface area contributed by atoms with E-state index in [1.54, 1.807) is 0 Å². The summed E-state index contributed by atoms with van der Waals surface area (Å²) in [7, 11) is 0. The molecule has 0 aliphatic carbocycles. The summed E-state index contributed by atoms with van der Waals surface area (Å²) in [5.41, 5.74) is 7.34. The highest BCUT2D eigenvalue weighted by molar-refractivity contribution is 5.73. The molecule has 1 heterocycles. The monoisotopic (exact) mass is 445 g/mol. The minimum atomic E-state index is 0.347. The van der Waals surface area contributed by atoms with E-state index in [2.05, 4.69) is 89.2 Å². The lowest BCUT2D eigenvalue weighted by molar-refractivity contribution is -0.0979. The second-order valence-electron chi connectivity index (χ2n) is 9.00. The Hall–Kier alpha value is -2.94. The molecule has 33 heavy (non-hydrogen) atoms. The molecular formula is C30H39NO2. The fraction of sp³-hybridized carbons (Fsp3) is 0.400. The Kier molecular flexibility index (Phi) is 10.8. The summed E-state index contributed by atoms with van der Waals surface area (Å²) in [6.45, 7) is 13.8. The number of hydrogen-bond acceptors (Lipinski definition) is 3. The van der Waals surface area contributed by atoms with Crippen molar-refractivity contribution < 1.29 is 9.53 Å². The maximum absolute atomic E-state index is 8.00. The second-order valence-corrected chi connectivity index (χ2v) is 9.00. The molecule has 0 atom stereocenters. The maximum atomic E-state index is 8.00. The number of ether oxygens (including phenoxy) is 1. The molecule has 3 nitrogen and oxygen atoms in total. The Balaban J connectivity index is 0.00000187. The van der Waals surface area contributed by atoms with Crippen molar-refractivity contribution in [2.75, 3.05) is 0 Å². The van der Waals surface area contributed by atoms with Gasteiger partial charge < -0.3 is 9.53 Å². The normalized spacial score (nSPS) is 10.8. The summed E-state index contributed by atoms with van der Waals surface area (Å²) in [5, 5.41) is 0. The molecule has 0 saturated heterocycles. The Morgan fingerprint density at radius 3 is 2.09 bits per heavy atom. The van der Waals surface area contributed by atoms with E-state index in [4.69, 9.17) is 14.5 Å². The standard InChI is InChI=1S/C29H37NO.CH2O/c1-6-7-9-16-24-19-26(29(22(4)5)30-28(24)21(2)3)25-17-12-13-18-27(25)31-20-23-14-10-8-11-15-23;1-2/h8,10-15,17-19,21-22H,6-7,9,16,20H2,1-5H3;1H2. The summed E-state index contributed by atoms with van der Waals surface area (Å²) in [6, 6.07) is 21.2. The van der Waals surface area contributed by atoms with Crippen LogP contribution in [0.4, 0.5) is 0 Å². The van der Waals surface area contributed by atoms with Gasteiger partial charge in [0.15, 0.2) is 0 Å². The van der Waals surface area contributed by atoms with E-state index in [-0.39, 0.29) is 0 Å². The van der Waals surface area contributed by atoms with E-state index in [9.17, 15) is 0 Å².